The number of hydrogen-bond donors (Lipinski definition) is 1. The number of rotatable bonds is 7. The van der Waals surface area contributed by atoms with Crippen LogP contribution in [0.5, 0.6) is 11.5 Å². The van der Waals surface area contributed by atoms with Crippen LogP contribution >= 0.6 is 11.3 Å². The van der Waals surface area contributed by atoms with Gasteiger partial charge in [0.1, 0.15) is 0 Å². The molecular weight excluding hydrogens is 386 g/mol. The number of benzene rings is 2. The summed E-state index contributed by atoms with van der Waals surface area (Å²) >= 11 is 1.19. The Bertz CT molecular complexity index is 991. The third-order valence-electron chi connectivity index (χ3n) is 3.75. The van der Waals surface area contributed by atoms with Gasteiger partial charge in [0.15, 0.2) is 28.3 Å². The van der Waals surface area contributed by atoms with Crippen LogP contribution in [0.1, 0.15) is 24.2 Å². The Morgan fingerprint density at radius 3 is 2.50 bits per heavy atom. The molecule has 0 spiro atoms. The molecule has 2 aromatic carbocycles. The average molecular weight is 404 g/mol. The van der Waals surface area contributed by atoms with E-state index in [2.05, 4.69) is 10.3 Å². The van der Waals surface area contributed by atoms with E-state index in [4.69, 9.17) is 9.47 Å². The zero-order chi connectivity index (χ0) is 20.1. The first-order valence-corrected chi connectivity index (χ1v) is 9.51. The number of halogens is 2. The fourth-order valence-electron chi connectivity index (χ4n) is 2.48. The largest absolute Gasteiger partial charge is 0.490 e. The number of anilines is 1. The highest BCUT2D eigenvalue weighted by atomic mass is 32.1. The number of carbonyl (C=O) groups is 1. The van der Waals surface area contributed by atoms with Gasteiger partial charge in [0, 0.05) is 16.5 Å². The molecule has 1 N–H and O–H groups in total. The summed E-state index contributed by atoms with van der Waals surface area (Å²) in [4.78, 5) is 16.8. The number of carbonyl (C=O) groups excluding carboxylic acids is 1. The molecule has 146 valence electrons. The van der Waals surface area contributed by atoms with Gasteiger partial charge in [-0.3, -0.25) is 10.1 Å². The van der Waals surface area contributed by atoms with Gasteiger partial charge in [0.25, 0.3) is 5.91 Å². The molecule has 0 aliphatic carbocycles. The van der Waals surface area contributed by atoms with Crippen molar-refractivity contribution in [1.82, 2.24) is 4.98 Å². The van der Waals surface area contributed by atoms with Gasteiger partial charge in [0.05, 0.1) is 18.9 Å². The monoisotopic (exact) mass is 404 g/mol. The number of nitrogens with one attached hydrogen (secondary N) is 1. The van der Waals surface area contributed by atoms with Crippen LogP contribution in [0.2, 0.25) is 0 Å². The molecule has 8 heteroatoms. The predicted molar refractivity (Wildman–Crippen MR) is 104 cm³/mol. The second-order valence-electron chi connectivity index (χ2n) is 5.65. The average Bonchev–Trinajstić information content (AvgIpc) is 3.14. The zero-order valence-electron chi connectivity index (χ0n) is 15.3. The second-order valence-corrected chi connectivity index (χ2v) is 6.51. The molecule has 3 aromatic rings. The third-order valence-corrected chi connectivity index (χ3v) is 4.50. The maximum atomic E-state index is 13.4. The lowest BCUT2D eigenvalue weighted by atomic mass is 10.1. The molecule has 0 atom stereocenters. The van der Waals surface area contributed by atoms with E-state index in [0.29, 0.717) is 46.7 Å². The summed E-state index contributed by atoms with van der Waals surface area (Å²) in [5.74, 6) is -1.19. The van der Waals surface area contributed by atoms with E-state index in [-0.39, 0.29) is 5.91 Å². The molecule has 0 fully saturated rings. The Morgan fingerprint density at radius 1 is 1.04 bits per heavy atom. The van der Waals surface area contributed by atoms with Crippen LogP contribution in [0.25, 0.3) is 11.3 Å². The van der Waals surface area contributed by atoms with Crippen LogP contribution in [0.15, 0.2) is 41.8 Å². The summed E-state index contributed by atoms with van der Waals surface area (Å²) in [6.07, 6.45) is 0. The van der Waals surface area contributed by atoms with Crippen molar-refractivity contribution in [2.45, 2.75) is 13.8 Å². The standard InChI is InChI=1S/C20H18F2N2O3S/c1-3-26-17-8-6-13(10-18(17)27-4-2)19(25)24-20-23-16(11-28-20)12-5-7-14(21)15(22)9-12/h5-11H,3-4H2,1-2H3,(H,23,24,25). The van der Waals surface area contributed by atoms with Crippen molar-refractivity contribution in [3.05, 3.63) is 59.0 Å². The van der Waals surface area contributed by atoms with Crippen LogP contribution in [0.3, 0.4) is 0 Å². The van der Waals surface area contributed by atoms with Crippen molar-refractivity contribution in [1.29, 1.82) is 0 Å². The highest BCUT2D eigenvalue weighted by molar-refractivity contribution is 7.14. The minimum absolute atomic E-state index is 0.344. The number of amides is 1. The molecule has 0 radical (unpaired) electrons. The Morgan fingerprint density at radius 2 is 1.79 bits per heavy atom. The highest BCUT2D eigenvalue weighted by Gasteiger charge is 2.14. The Labute approximate surface area is 164 Å². The van der Waals surface area contributed by atoms with Crippen molar-refractivity contribution in [2.75, 3.05) is 18.5 Å². The minimum Gasteiger partial charge on any atom is -0.490 e. The van der Waals surface area contributed by atoms with Gasteiger partial charge in [-0.1, -0.05) is 0 Å². The summed E-state index contributed by atoms with van der Waals surface area (Å²) < 4.78 is 37.5. The number of thiazole rings is 1. The molecule has 3 rings (SSSR count). The van der Waals surface area contributed by atoms with Crippen molar-refractivity contribution in [3.63, 3.8) is 0 Å². The molecule has 0 aliphatic heterocycles. The molecule has 1 heterocycles. The number of aromatic nitrogens is 1. The highest BCUT2D eigenvalue weighted by Crippen LogP contribution is 2.30. The summed E-state index contributed by atoms with van der Waals surface area (Å²) in [5, 5.41) is 4.70. The first-order valence-electron chi connectivity index (χ1n) is 8.63. The van der Waals surface area contributed by atoms with E-state index in [1.807, 2.05) is 13.8 Å². The zero-order valence-corrected chi connectivity index (χ0v) is 16.1. The Hall–Kier alpha value is -3.00. The van der Waals surface area contributed by atoms with Gasteiger partial charge >= 0.3 is 0 Å². The maximum absolute atomic E-state index is 13.4. The lowest BCUT2D eigenvalue weighted by Crippen LogP contribution is -2.12. The van der Waals surface area contributed by atoms with E-state index in [9.17, 15) is 13.6 Å². The SMILES string of the molecule is CCOc1ccc(C(=O)Nc2nc(-c3ccc(F)c(F)c3)cs2)cc1OCC. The van der Waals surface area contributed by atoms with Crippen molar-refractivity contribution >= 4 is 22.4 Å². The maximum Gasteiger partial charge on any atom is 0.257 e. The minimum atomic E-state index is -0.950. The second kappa shape index (κ2) is 8.79. The van der Waals surface area contributed by atoms with E-state index in [1.54, 1.807) is 23.6 Å². The summed E-state index contributed by atoms with van der Waals surface area (Å²) in [6, 6.07) is 8.45. The van der Waals surface area contributed by atoms with Gasteiger partial charge < -0.3 is 9.47 Å². The van der Waals surface area contributed by atoms with Crippen LogP contribution in [0, 0.1) is 11.6 Å². The number of nitrogens with zero attached hydrogens (tertiary/aromatic N) is 1. The van der Waals surface area contributed by atoms with Gasteiger partial charge in [-0.15, -0.1) is 11.3 Å². The van der Waals surface area contributed by atoms with Crippen LogP contribution in [0.4, 0.5) is 13.9 Å². The molecule has 1 aromatic heterocycles. The van der Waals surface area contributed by atoms with Gasteiger partial charge in [-0.05, 0) is 50.2 Å². The molecular formula is C20H18F2N2O3S. The predicted octanol–water partition coefficient (Wildman–Crippen LogP) is 5.14. The van der Waals surface area contributed by atoms with E-state index in [0.717, 1.165) is 12.1 Å². The fraction of sp³-hybridized carbons (Fsp3) is 0.200. The summed E-state index contributed by atoms with van der Waals surface area (Å²) in [5.41, 5.74) is 1.26. The molecule has 1 amide bonds. The molecule has 0 saturated carbocycles. The topological polar surface area (TPSA) is 60.5 Å². The quantitative estimate of drug-likeness (QED) is 0.592. The molecule has 0 bridgehead atoms. The van der Waals surface area contributed by atoms with E-state index >= 15 is 0 Å². The normalized spacial score (nSPS) is 10.6. The Balaban J connectivity index is 1.77. The van der Waals surface area contributed by atoms with Crippen molar-refractivity contribution in [2.24, 2.45) is 0 Å². The summed E-state index contributed by atoms with van der Waals surface area (Å²) in [7, 11) is 0. The van der Waals surface area contributed by atoms with Gasteiger partial charge in [-0.25, -0.2) is 13.8 Å². The number of ether oxygens (including phenoxy) is 2. The van der Waals surface area contributed by atoms with Crippen molar-refractivity contribution < 1.29 is 23.0 Å². The fourth-order valence-corrected chi connectivity index (χ4v) is 3.20. The first kappa shape index (κ1) is 19.8. The molecule has 0 saturated heterocycles. The van der Waals surface area contributed by atoms with Gasteiger partial charge in [-0.2, -0.15) is 0 Å². The van der Waals surface area contributed by atoms with E-state index < -0.39 is 11.6 Å². The summed E-state index contributed by atoms with van der Waals surface area (Å²) in [6.45, 7) is 4.63. The van der Waals surface area contributed by atoms with Crippen LogP contribution in [-0.4, -0.2) is 24.1 Å². The first-order chi connectivity index (χ1) is 13.5. The Kier molecular flexibility index (Phi) is 6.20. The molecule has 28 heavy (non-hydrogen) atoms. The molecule has 0 aliphatic rings. The van der Waals surface area contributed by atoms with Crippen LogP contribution < -0.4 is 14.8 Å². The van der Waals surface area contributed by atoms with E-state index in [1.165, 1.54) is 17.4 Å². The lowest BCUT2D eigenvalue weighted by Gasteiger charge is -2.12. The lowest BCUT2D eigenvalue weighted by molar-refractivity contribution is 0.102. The number of hydrogen-bond acceptors (Lipinski definition) is 5. The van der Waals surface area contributed by atoms with Crippen LogP contribution in [-0.2, 0) is 0 Å². The third kappa shape index (κ3) is 4.45. The molecule has 5 nitrogen and oxygen atoms in total. The van der Waals surface area contributed by atoms with Crippen molar-refractivity contribution in [3.8, 4) is 22.8 Å². The smallest absolute Gasteiger partial charge is 0.257 e. The van der Waals surface area contributed by atoms with Gasteiger partial charge in [0.2, 0.25) is 0 Å². The molecule has 0 unspecified atom stereocenters.